The lowest BCUT2D eigenvalue weighted by Crippen LogP contribution is -2.11. The van der Waals surface area contributed by atoms with E-state index in [1.165, 1.54) is 0 Å². The molecule has 0 aliphatic carbocycles. The summed E-state index contributed by atoms with van der Waals surface area (Å²) in [6.45, 7) is 1.16. The zero-order chi connectivity index (χ0) is 14.1. The highest BCUT2D eigenvalue weighted by Gasteiger charge is 2.24. The van der Waals surface area contributed by atoms with Crippen LogP contribution >= 0.6 is 0 Å². The number of amides is 1. The average Bonchev–Trinajstić information content (AvgIpc) is 2.13. The number of nitrogens with one attached hydrogen (secondary N) is 1. The van der Waals surface area contributed by atoms with E-state index in [0.717, 1.165) is 25.1 Å². The van der Waals surface area contributed by atoms with E-state index in [0.29, 0.717) is 0 Å². The summed E-state index contributed by atoms with van der Waals surface area (Å²) in [5.74, 6) is -0.518. The number of carbonyl (C=O) groups is 1. The Morgan fingerprint density at radius 3 is 1.94 bits per heavy atom. The summed E-state index contributed by atoms with van der Waals surface area (Å²) in [5.41, 5.74) is -0.0393. The van der Waals surface area contributed by atoms with Crippen LogP contribution in [0, 0.1) is 0 Å². The quantitative estimate of drug-likeness (QED) is 0.674. The second kappa shape index (κ2) is 4.65. The van der Waals surface area contributed by atoms with E-state index in [-0.39, 0.29) is 5.69 Å². The van der Waals surface area contributed by atoms with Gasteiger partial charge in [0.05, 0.1) is 0 Å². The molecule has 10 heteroatoms. The van der Waals surface area contributed by atoms with Crippen molar-refractivity contribution in [1.82, 2.24) is 0 Å². The van der Waals surface area contributed by atoms with Gasteiger partial charge in [0.15, 0.2) is 0 Å². The summed E-state index contributed by atoms with van der Waals surface area (Å²) in [5, 5.41) is 2.20. The number of rotatable bonds is 3. The first kappa shape index (κ1) is 14.6. The van der Waals surface area contributed by atoms with Crippen molar-refractivity contribution < 1.29 is 30.7 Å². The van der Waals surface area contributed by atoms with Crippen LogP contribution in [0.25, 0.3) is 0 Å². The molecule has 0 aliphatic rings. The van der Waals surface area contributed by atoms with E-state index >= 15 is 0 Å². The minimum Gasteiger partial charge on any atom is -0.326 e. The van der Waals surface area contributed by atoms with Gasteiger partial charge in [0.2, 0.25) is 5.91 Å². The van der Waals surface area contributed by atoms with Gasteiger partial charge in [0, 0.05) is 12.6 Å². The van der Waals surface area contributed by atoms with Crippen LogP contribution in [0.4, 0.5) is 5.69 Å². The number of hydrogen-bond acceptors (Lipinski definition) is 5. The Morgan fingerprint density at radius 2 is 1.56 bits per heavy atom. The third kappa shape index (κ3) is 3.50. The van der Waals surface area contributed by atoms with Crippen molar-refractivity contribution in [2.75, 3.05) is 5.32 Å². The molecule has 100 valence electrons. The predicted molar refractivity (Wildman–Crippen MR) is 60.4 cm³/mol. The van der Waals surface area contributed by atoms with Gasteiger partial charge in [-0.3, -0.25) is 13.9 Å². The van der Waals surface area contributed by atoms with Crippen LogP contribution in [-0.2, 0) is 25.0 Å². The van der Waals surface area contributed by atoms with Gasteiger partial charge in [-0.15, -0.1) is 0 Å². The Morgan fingerprint density at radius 1 is 1.06 bits per heavy atom. The van der Waals surface area contributed by atoms with E-state index in [9.17, 15) is 21.6 Å². The fourth-order valence-corrected chi connectivity index (χ4v) is 2.99. The third-order valence-electron chi connectivity index (χ3n) is 1.82. The highest BCUT2D eigenvalue weighted by Crippen LogP contribution is 2.24. The lowest BCUT2D eigenvalue weighted by Gasteiger charge is -2.07. The molecule has 1 aromatic rings. The SMILES string of the molecule is CC(=O)Nc1ccc(S(=O)(=O)O)c(S(=O)(=O)O)c1. The largest absolute Gasteiger partial charge is 0.326 e. The molecular weight excluding hydrogens is 286 g/mol. The predicted octanol–water partition coefficient (Wildman–Crippen LogP) is 0.138. The van der Waals surface area contributed by atoms with Crippen molar-refractivity contribution in [3.63, 3.8) is 0 Å². The first-order valence-electron chi connectivity index (χ1n) is 4.38. The average molecular weight is 295 g/mol. The number of hydrogen-bond donors (Lipinski definition) is 3. The van der Waals surface area contributed by atoms with Crippen molar-refractivity contribution in [2.24, 2.45) is 0 Å². The van der Waals surface area contributed by atoms with Crippen LogP contribution in [0.1, 0.15) is 6.92 Å². The van der Waals surface area contributed by atoms with E-state index < -0.39 is 35.9 Å². The first-order valence-corrected chi connectivity index (χ1v) is 7.26. The van der Waals surface area contributed by atoms with Gasteiger partial charge in [-0.05, 0) is 18.2 Å². The van der Waals surface area contributed by atoms with E-state index in [1.54, 1.807) is 0 Å². The highest BCUT2D eigenvalue weighted by molar-refractivity contribution is 7.89. The summed E-state index contributed by atoms with van der Waals surface area (Å²) in [7, 11) is -9.68. The second-order valence-electron chi connectivity index (χ2n) is 3.29. The van der Waals surface area contributed by atoms with Crippen molar-refractivity contribution in [3.8, 4) is 0 Å². The molecule has 0 saturated carbocycles. The molecule has 1 rings (SSSR count). The number of anilines is 1. The monoisotopic (exact) mass is 295 g/mol. The van der Waals surface area contributed by atoms with Crippen molar-refractivity contribution >= 4 is 31.8 Å². The summed E-state index contributed by atoms with van der Waals surface area (Å²) < 4.78 is 61.6. The van der Waals surface area contributed by atoms with Gasteiger partial charge >= 0.3 is 0 Å². The minimum absolute atomic E-state index is 0.0393. The molecule has 1 aromatic carbocycles. The first-order chi connectivity index (χ1) is 8.01. The Hall–Kier alpha value is -1.49. The molecule has 3 N–H and O–H groups in total. The molecule has 0 aromatic heterocycles. The smallest absolute Gasteiger partial charge is 0.295 e. The molecule has 8 nitrogen and oxygen atoms in total. The van der Waals surface area contributed by atoms with Gasteiger partial charge in [-0.2, -0.15) is 16.8 Å². The van der Waals surface area contributed by atoms with Crippen molar-refractivity contribution in [2.45, 2.75) is 16.7 Å². The van der Waals surface area contributed by atoms with E-state index in [4.69, 9.17) is 9.11 Å². The van der Waals surface area contributed by atoms with Gasteiger partial charge in [-0.1, -0.05) is 0 Å². The van der Waals surface area contributed by atoms with E-state index in [2.05, 4.69) is 5.32 Å². The maximum Gasteiger partial charge on any atom is 0.295 e. The normalized spacial score (nSPS) is 12.2. The molecule has 0 heterocycles. The van der Waals surface area contributed by atoms with Gasteiger partial charge in [0.25, 0.3) is 20.2 Å². The Kier molecular flexibility index (Phi) is 3.76. The molecule has 0 fully saturated rings. The second-order valence-corrected chi connectivity index (χ2v) is 6.07. The summed E-state index contributed by atoms with van der Waals surface area (Å²) in [4.78, 5) is 8.77. The van der Waals surface area contributed by atoms with Gasteiger partial charge in [0.1, 0.15) is 9.79 Å². The number of benzene rings is 1. The topological polar surface area (TPSA) is 138 Å². The van der Waals surface area contributed by atoms with Crippen LogP contribution in [0.2, 0.25) is 0 Å². The summed E-state index contributed by atoms with van der Waals surface area (Å²) >= 11 is 0. The van der Waals surface area contributed by atoms with Crippen LogP contribution in [0.3, 0.4) is 0 Å². The van der Waals surface area contributed by atoms with Crippen LogP contribution in [0.5, 0.6) is 0 Å². The lowest BCUT2D eigenvalue weighted by molar-refractivity contribution is -0.114. The summed E-state index contributed by atoms with van der Waals surface area (Å²) in [6.07, 6.45) is 0. The molecule has 0 saturated heterocycles. The van der Waals surface area contributed by atoms with Gasteiger partial charge in [-0.25, -0.2) is 0 Å². The fraction of sp³-hybridized carbons (Fsp3) is 0.125. The van der Waals surface area contributed by atoms with E-state index in [1.807, 2.05) is 0 Å². The zero-order valence-electron chi connectivity index (χ0n) is 8.98. The molecule has 0 spiro atoms. The Labute approximate surface area is 103 Å². The Bertz CT molecular complexity index is 690. The maximum atomic E-state index is 11.0. The van der Waals surface area contributed by atoms with Gasteiger partial charge < -0.3 is 5.32 Å². The third-order valence-corrected chi connectivity index (χ3v) is 3.75. The molecule has 0 radical (unpaired) electrons. The van der Waals surface area contributed by atoms with Crippen molar-refractivity contribution in [1.29, 1.82) is 0 Å². The van der Waals surface area contributed by atoms with Crippen LogP contribution in [0.15, 0.2) is 28.0 Å². The molecule has 0 unspecified atom stereocenters. The standard InChI is InChI=1S/C8H9NO7S2/c1-5(10)9-6-2-3-7(17(11,12)13)8(4-6)18(14,15)16/h2-4H,1H3,(H,9,10)(H,11,12,13)(H,14,15,16). The lowest BCUT2D eigenvalue weighted by atomic mass is 10.3. The maximum absolute atomic E-state index is 11.0. The summed E-state index contributed by atoms with van der Waals surface area (Å²) in [6, 6.07) is 2.54. The molecule has 0 bridgehead atoms. The Balaban J connectivity index is 3.55. The fourth-order valence-electron chi connectivity index (χ4n) is 1.20. The zero-order valence-corrected chi connectivity index (χ0v) is 10.6. The van der Waals surface area contributed by atoms with Crippen LogP contribution in [-0.4, -0.2) is 31.8 Å². The molecule has 0 aliphatic heterocycles. The highest BCUT2D eigenvalue weighted by atomic mass is 32.2. The molecular formula is C8H9NO7S2. The number of carbonyl (C=O) groups excluding carboxylic acids is 1. The molecule has 0 atom stereocenters. The minimum atomic E-state index is -4.87. The van der Waals surface area contributed by atoms with Crippen LogP contribution < -0.4 is 5.32 Å². The van der Waals surface area contributed by atoms with Crippen molar-refractivity contribution in [3.05, 3.63) is 18.2 Å². The molecule has 18 heavy (non-hydrogen) atoms. The molecule has 1 amide bonds.